The van der Waals surface area contributed by atoms with Crippen LogP contribution in [0, 0.1) is 0 Å². The van der Waals surface area contributed by atoms with Crippen molar-refractivity contribution >= 4 is 0 Å². The van der Waals surface area contributed by atoms with Gasteiger partial charge in [0.25, 0.3) is 0 Å². The lowest BCUT2D eigenvalue weighted by Crippen LogP contribution is -2.43. The van der Waals surface area contributed by atoms with E-state index in [-0.39, 0.29) is 0 Å². The van der Waals surface area contributed by atoms with Gasteiger partial charge >= 0.3 is 0 Å². The second-order valence-corrected chi connectivity index (χ2v) is 5.55. The third kappa shape index (κ3) is 2.31. The van der Waals surface area contributed by atoms with Crippen LogP contribution in [0.2, 0.25) is 0 Å². The largest absolute Gasteiger partial charge is 0.334 e. The van der Waals surface area contributed by atoms with Gasteiger partial charge in [-0.1, -0.05) is 0 Å². The predicted octanol–water partition coefficient (Wildman–Crippen LogP) is 1.62. The highest BCUT2D eigenvalue weighted by atomic mass is 15.2. The topological polar surface area (TPSA) is 33.1 Å². The normalized spacial score (nSPS) is 29.2. The second kappa shape index (κ2) is 5.41. The Labute approximate surface area is 109 Å². The lowest BCUT2D eigenvalue weighted by Gasteiger charge is -2.29. The molecule has 1 aromatic rings. The molecule has 100 valence electrons. The fourth-order valence-electron chi connectivity index (χ4n) is 3.52. The van der Waals surface area contributed by atoms with E-state index >= 15 is 0 Å². The van der Waals surface area contributed by atoms with Crippen molar-refractivity contribution in [1.29, 1.82) is 0 Å². The molecule has 18 heavy (non-hydrogen) atoms. The summed E-state index contributed by atoms with van der Waals surface area (Å²) in [4.78, 5) is 6.94. The van der Waals surface area contributed by atoms with E-state index in [1.54, 1.807) is 0 Å². The maximum atomic E-state index is 4.28. The van der Waals surface area contributed by atoms with Gasteiger partial charge in [0, 0.05) is 31.4 Å². The van der Waals surface area contributed by atoms with Gasteiger partial charge in [-0.15, -0.1) is 0 Å². The Morgan fingerprint density at radius 2 is 2.33 bits per heavy atom. The number of aromatic nitrogens is 2. The number of imidazole rings is 1. The Kier molecular flexibility index (Phi) is 3.66. The van der Waals surface area contributed by atoms with Gasteiger partial charge < -0.3 is 9.88 Å². The molecular formula is C14H24N4. The lowest BCUT2D eigenvalue weighted by molar-refractivity contribution is 0.202. The highest BCUT2D eigenvalue weighted by Gasteiger charge is 2.33. The average Bonchev–Trinajstić information content (AvgIpc) is 3.09. The third-order valence-electron chi connectivity index (χ3n) is 4.48. The fourth-order valence-corrected chi connectivity index (χ4v) is 3.52. The van der Waals surface area contributed by atoms with Crippen LogP contribution in [0.15, 0.2) is 12.5 Å². The summed E-state index contributed by atoms with van der Waals surface area (Å²) in [6.45, 7) is 6.73. The maximum Gasteiger partial charge on any atom is 0.0948 e. The molecule has 0 aromatic carbocycles. The molecule has 3 rings (SSSR count). The van der Waals surface area contributed by atoms with Crippen molar-refractivity contribution in [2.75, 3.05) is 13.1 Å². The first kappa shape index (κ1) is 12.2. The van der Waals surface area contributed by atoms with Crippen LogP contribution in [-0.2, 0) is 13.1 Å². The van der Waals surface area contributed by atoms with Crippen LogP contribution in [0.4, 0.5) is 0 Å². The zero-order valence-corrected chi connectivity index (χ0v) is 11.3. The van der Waals surface area contributed by atoms with Crippen molar-refractivity contribution in [2.24, 2.45) is 0 Å². The summed E-state index contributed by atoms with van der Waals surface area (Å²) in [7, 11) is 0. The maximum absolute atomic E-state index is 4.28. The fraction of sp³-hybridized carbons (Fsp3) is 0.786. The zero-order chi connectivity index (χ0) is 12.4. The van der Waals surface area contributed by atoms with Gasteiger partial charge in [0.2, 0.25) is 0 Å². The van der Waals surface area contributed by atoms with E-state index in [2.05, 4.69) is 26.7 Å². The molecule has 0 amide bonds. The average molecular weight is 248 g/mol. The van der Waals surface area contributed by atoms with E-state index in [1.807, 2.05) is 12.5 Å². The van der Waals surface area contributed by atoms with Crippen molar-refractivity contribution in [2.45, 2.75) is 57.8 Å². The van der Waals surface area contributed by atoms with E-state index in [4.69, 9.17) is 0 Å². The Morgan fingerprint density at radius 1 is 1.39 bits per heavy atom. The molecule has 1 aromatic heterocycles. The van der Waals surface area contributed by atoms with Gasteiger partial charge in [-0.3, -0.25) is 4.90 Å². The standard InChI is InChI=1S/C14H24N4/c1-2-17-11-15-9-12(17)10-18-8-4-6-14(18)13-5-3-7-16-13/h9,11,13-14,16H,2-8,10H2,1H3. The summed E-state index contributed by atoms with van der Waals surface area (Å²) in [5, 5.41) is 3.67. The summed E-state index contributed by atoms with van der Waals surface area (Å²) in [6.07, 6.45) is 9.40. The van der Waals surface area contributed by atoms with E-state index < -0.39 is 0 Å². The molecule has 0 bridgehead atoms. The predicted molar refractivity (Wildman–Crippen MR) is 72.4 cm³/mol. The molecule has 0 radical (unpaired) electrons. The van der Waals surface area contributed by atoms with Crippen LogP contribution in [0.1, 0.15) is 38.3 Å². The van der Waals surface area contributed by atoms with E-state index in [9.17, 15) is 0 Å². The van der Waals surface area contributed by atoms with Crippen LogP contribution in [-0.4, -0.2) is 39.6 Å². The molecule has 0 spiro atoms. The molecule has 2 aliphatic heterocycles. The first-order valence-electron chi connectivity index (χ1n) is 7.35. The summed E-state index contributed by atoms with van der Waals surface area (Å²) in [6, 6.07) is 1.47. The van der Waals surface area contributed by atoms with Crippen LogP contribution >= 0.6 is 0 Å². The monoisotopic (exact) mass is 248 g/mol. The number of aryl methyl sites for hydroxylation is 1. The van der Waals surface area contributed by atoms with Crippen LogP contribution in [0.5, 0.6) is 0 Å². The van der Waals surface area contributed by atoms with E-state index in [1.165, 1.54) is 44.5 Å². The number of hydrogen-bond acceptors (Lipinski definition) is 3. The molecule has 2 fully saturated rings. The number of likely N-dealkylation sites (tertiary alicyclic amines) is 1. The van der Waals surface area contributed by atoms with Crippen LogP contribution < -0.4 is 5.32 Å². The SMILES string of the molecule is CCn1cncc1CN1CCCC1C1CCCN1. The first-order chi connectivity index (χ1) is 8.88. The van der Waals surface area contributed by atoms with E-state index in [0.29, 0.717) is 0 Å². The summed E-state index contributed by atoms with van der Waals surface area (Å²) in [5.74, 6) is 0. The molecular weight excluding hydrogens is 224 g/mol. The minimum absolute atomic E-state index is 0.727. The van der Waals surface area contributed by atoms with Crippen molar-refractivity contribution in [3.05, 3.63) is 18.2 Å². The number of rotatable bonds is 4. The Bertz CT molecular complexity index is 381. The Hall–Kier alpha value is -0.870. The Balaban J connectivity index is 1.67. The summed E-state index contributed by atoms with van der Waals surface area (Å²) in [5.41, 5.74) is 1.36. The molecule has 2 atom stereocenters. The van der Waals surface area contributed by atoms with Crippen molar-refractivity contribution < 1.29 is 0 Å². The van der Waals surface area contributed by atoms with Crippen molar-refractivity contribution in [3.8, 4) is 0 Å². The Morgan fingerprint density at radius 3 is 3.11 bits per heavy atom. The quantitative estimate of drug-likeness (QED) is 0.879. The van der Waals surface area contributed by atoms with E-state index in [0.717, 1.165) is 25.2 Å². The molecule has 4 nitrogen and oxygen atoms in total. The summed E-state index contributed by atoms with van der Waals surface area (Å²) < 4.78 is 2.26. The second-order valence-electron chi connectivity index (χ2n) is 5.55. The molecule has 2 saturated heterocycles. The van der Waals surface area contributed by atoms with Crippen molar-refractivity contribution in [3.63, 3.8) is 0 Å². The number of hydrogen-bond donors (Lipinski definition) is 1. The smallest absolute Gasteiger partial charge is 0.0948 e. The van der Waals surface area contributed by atoms with Gasteiger partial charge in [0.05, 0.1) is 12.0 Å². The molecule has 2 aliphatic rings. The molecule has 1 N–H and O–H groups in total. The number of nitrogens with one attached hydrogen (secondary N) is 1. The highest BCUT2D eigenvalue weighted by Crippen LogP contribution is 2.26. The van der Waals surface area contributed by atoms with Gasteiger partial charge in [0.15, 0.2) is 0 Å². The molecule has 3 heterocycles. The third-order valence-corrected chi connectivity index (χ3v) is 4.48. The molecule has 4 heteroatoms. The zero-order valence-electron chi connectivity index (χ0n) is 11.3. The van der Waals surface area contributed by atoms with Crippen LogP contribution in [0.25, 0.3) is 0 Å². The van der Waals surface area contributed by atoms with Crippen LogP contribution in [0.3, 0.4) is 0 Å². The minimum Gasteiger partial charge on any atom is -0.334 e. The molecule has 0 saturated carbocycles. The minimum atomic E-state index is 0.727. The highest BCUT2D eigenvalue weighted by molar-refractivity contribution is 5.01. The van der Waals surface area contributed by atoms with Gasteiger partial charge in [0.1, 0.15) is 0 Å². The van der Waals surface area contributed by atoms with Gasteiger partial charge in [-0.05, 0) is 45.7 Å². The van der Waals surface area contributed by atoms with Gasteiger partial charge in [-0.2, -0.15) is 0 Å². The molecule has 2 unspecified atom stereocenters. The lowest BCUT2D eigenvalue weighted by atomic mass is 10.0. The molecule has 0 aliphatic carbocycles. The number of nitrogens with zero attached hydrogens (tertiary/aromatic N) is 3. The first-order valence-corrected chi connectivity index (χ1v) is 7.35. The van der Waals surface area contributed by atoms with Crippen molar-refractivity contribution in [1.82, 2.24) is 19.8 Å². The summed E-state index contributed by atoms with van der Waals surface area (Å²) >= 11 is 0. The van der Waals surface area contributed by atoms with Gasteiger partial charge in [-0.25, -0.2) is 4.98 Å².